The van der Waals surface area contributed by atoms with E-state index in [1.165, 1.54) is 29.4 Å². The number of amides is 1. The quantitative estimate of drug-likeness (QED) is 0.202. The Hall–Kier alpha value is -4.37. The minimum atomic E-state index is -0.997. The molecule has 1 atom stereocenters. The summed E-state index contributed by atoms with van der Waals surface area (Å²) in [7, 11) is 1.41. The van der Waals surface area contributed by atoms with Crippen LogP contribution in [0.4, 0.5) is 5.13 Å². The number of aryl methyl sites for hydroxylation is 1. The molecule has 1 saturated heterocycles. The van der Waals surface area contributed by atoms with Gasteiger partial charge in [-0.25, -0.2) is 4.98 Å². The Morgan fingerprint density at radius 3 is 2.54 bits per heavy atom. The molecule has 5 rings (SSSR count). The van der Waals surface area contributed by atoms with Crippen molar-refractivity contribution in [2.24, 2.45) is 0 Å². The lowest BCUT2D eigenvalue weighted by molar-refractivity contribution is -0.132. The molecule has 0 aliphatic carbocycles. The van der Waals surface area contributed by atoms with Crippen LogP contribution < -0.4 is 14.4 Å². The van der Waals surface area contributed by atoms with Crippen molar-refractivity contribution in [1.29, 1.82) is 0 Å². The van der Waals surface area contributed by atoms with Gasteiger partial charge in [0.05, 0.1) is 35.5 Å². The molecule has 1 unspecified atom stereocenters. The molecular weight excluding hydrogens is 492 g/mol. The molecule has 4 aromatic rings. The third-order valence-electron chi connectivity index (χ3n) is 6.15. The largest absolute Gasteiger partial charge is 0.507 e. The molecule has 0 bridgehead atoms. The molecule has 188 valence electrons. The Balaban J connectivity index is 1.71. The number of nitrogens with zero attached hydrogens (tertiary/aromatic N) is 2. The van der Waals surface area contributed by atoms with Crippen LogP contribution in [-0.2, 0) is 9.59 Å². The smallest absolute Gasteiger partial charge is 0.301 e. The van der Waals surface area contributed by atoms with Gasteiger partial charge in [0.1, 0.15) is 11.5 Å². The summed E-state index contributed by atoms with van der Waals surface area (Å²) in [4.78, 5) is 32.8. The number of ether oxygens (including phenoxy) is 2. The maximum atomic E-state index is 13.4. The fourth-order valence-electron chi connectivity index (χ4n) is 4.33. The Bertz CT molecular complexity index is 1560. The second kappa shape index (κ2) is 9.59. The van der Waals surface area contributed by atoms with Gasteiger partial charge in [0, 0.05) is 5.56 Å². The molecule has 3 aromatic carbocycles. The zero-order chi connectivity index (χ0) is 26.3. The lowest BCUT2D eigenvalue weighted by Crippen LogP contribution is -2.29. The third-order valence-corrected chi connectivity index (χ3v) is 7.17. The number of methoxy groups -OCH3 is 1. The number of benzene rings is 3. The van der Waals surface area contributed by atoms with Crippen molar-refractivity contribution in [2.45, 2.75) is 19.9 Å². The van der Waals surface area contributed by atoms with Gasteiger partial charge in [-0.15, -0.1) is 0 Å². The Labute approximate surface area is 217 Å². The van der Waals surface area contributed by atoms with Crippen molar-refractivity contribution < 1.29 is 29.3 Å². The van der Waals surface area contributed by atoms with Gasteiger partial charge in [0.2, 0.25) is 0 Å². The van der Waals surface area contributed by atoms with Crippen molar-refractivity contribution in [1.82, 2.24) is 4.98 Å². The number of aliphatic hydroxyl groups is 1. The molecule has 1 fully saturated rings. The first kappa shape index (κ1) is 24.3. The zero-order valence-electron chi connectivity index (χ0n) is 20.4. The maximum Gasteiger partial charge on any atom is 0.301 e. The van der Waals surface area contributed by atoms with E-state index >= 15 is 0 Å². The van der Waals surface area contributed by atoms with Crippen LogP contribution in [0.25, 0.3) is 16.0 Å². The van der Waals surface area contributed by atoms with E-state index in [4.69, 9.17) is 9.47 Å². The van der Waals surface area contributed by atoms with Gasteiger partial charge >= 0.3 is 5.91 Å². The summed E-state index contributed by atoms with van der Waals surface area (Å²) in [5, 5.41) is 21.7. The van der Waals surface area contributed by atoms with Crippen molar-refractivity contribution in [2.75, 3.05) is 18.6 Å². The van der Waals surface area contributed by atoms with Crippen LogP contribution in [0.1, 0.15) is 29.7 Å². The molecule has 1 aliphatic heterocycles. The molecule has 2 N–H and O–H groups in total. The lowest BCUT2D eigenvalue weighted by atomic mass is 9.95. The molecular formula is C28H24N2O6S. The second-order valence-corrected chi connectivity index (χ2v) is 9.53. The predicted octanol–water partition coefficient (Wildman–Crippen LogP) is 5.34. The number of ketones is 1. The highest BCUT2D eigenvalue weighted by atomic mass is 32.1. The summed E-state index contributed by atoms with van der Waals surface area (Å²) in [5.41, 5.74) is 2.43. The average molecular weight is 517 g/mol. The molecule has 1 aromatic heterocycles. The van der Waals surface area contributed by atoms with Gasteiger partial charge in [-0.3, -0.25) is 14.5 Å². The normalized spacial score (nSPS) is 16.9. The number of aliphatic hydroxyl groups excluding tert-OH is 1. The number of aromatic nitrogens is 1. The van der Waals surface area contributed by atoms with Crippen LogP contribution in [0.5, 0.6) is 17.2 Å². The standard InChI is InChI=1S/C28H24N2O6S/c1-4-36-18-10-11-19-22(14-18)37-28(29-19)30-24(17-9-12-20(31)21(13-17)35-3)23(26(33)27(30)34)25(32)16-7-5-15(2)6-8-16/h5-14,24,31-32H,4H2,1-3H3/b25-23+. The van der Waals surface area contributed by atoms with Gasteiger partial charge in [-0.1, -0.05) is 47.2 Å². The van der Waals surface area contributed by atoms with Crippen molar-refractivity contribution >= 4 is 44.1 Å². The minimum Gasteiger partial charge on any atom is -0.507 e. The van der Waals surface area contributed by atoms with Crippen molar-refractivity contribution in [3.8, 4) is 17.2 Å². The monoisotopic (exact) mass is 516 g/mol. The lowest BCUT2D eigenvalue weighted by Gasteiger charge is -2.23. The summed E-state index contributed by atoms with van der Waals surface area (Å²) in [6.07, 6.45) is 0. The highest BCUT2D eigenvalue weighted by Gasteiger charge is 2.48. The average Bonchev–Trinajstić information content (AvgIpc) is 3.42. The van der Waals surface area contributed by atoms with Crippen LogP contribution in [-0.4, -0.2) is 40.6 Å². The number of thiazole rings is 1. The number of carbonyl (C=O) groups excluding carboxylic acids is 2. The van der Waals surface area contributed by atoms with Crippen molar-refractivity contribution in [3.05, 3.63) is 82.9 Å². The van der Waals surface area contributed by atoms with E-state index in [9.17, 15) is 19.8 Å². The number of hydrogen-bond donors (Lipinski definition) is 2. The first-order valence-corrected chi connectivity index (χ1v) is 12.4. The third kappa shape index (κ3) is 4.27. The van der Waals surface area contributed by atoms with E-state index in [-0.39, 0.29) is 22.8 Å². The number of aromatic hydroxyl groups is 1. The summed E-state index contributed by atoms with van der Waals surface area (Å²) in [6.45, 7) is 4.31. The molecule has 8 nitrogen and oxygen atoms in total. The summed E-state index contributed by atoms with van der Waals surface area (Å²) >= 11 is 1.24. The van der Waals surface area contributed by atoms with E-state index in [0.717, 1.165) is 10.3 Å². The van der Waals surface area contributed by atoms with E-state index < -0.39 is 17.7 Å². The highest BCUT2D eigenvalue weighted by molar-refractivity contribution is 7.22. The first-order chi connectivity index (χ1) is 17.8. The number of Topliss-reactive ketones (excluding diaryl/α,β-unsaturated/α-hetero) is 1. The topological polar surface area (TPSA) is 109 Å². The first-order valence-electron chi connectivity index (χ1n) is 11.6. The number of fused-ring (bicyclic) bond motifs is 1. The number of phenols is 1. The van der Waals surface area contributed by atoms with Gasteiger partial charge in [0.25, 0.3) is 5.78 Å². The molecule has 2 heterocycles. The SMILES string of the molecule is CCOc1ccc2nc(N3C(=O)C(=O)/C(=C(/O)c4ccc(C)cc4)C3c3ccc(O)c(OC)c3)sc2c1. The highest BCUT2D eigenvalue weighted by Crippen LogP contribution is 2.46. The van der Waals surface area contributed by atoms with Gasteiger partial charge in [0.15, 0.2) is 16.6 Å². The molecule has 0 saturated carbocycles. The molecule has 9 heteroatoms. The minimum absolute atomic E-state index is 0.0733. The second-order valence-electron chi connectivity index (χ2n) is 8.53. The van der Waals surface area contributed by atoms with E-state index in [2.05, 4.69) is 4.98 Å². The zero-order valence-corrected chi connectivity index (χ0v) is 21.2. The van der Waals surface area contributed by atoms with E-state index in [1.807, 2.05) is 32.0 Å². The molecule has 0 spiro atoms. The van der Waals surface area contributed by atoms with Gasteiger partial charge in [-0.05, 0) is 49.7 Å². The van der Waals surface area contributed by atoms with Gasteiger partial charge < -0.3 is 19.7 Å². The molecule has 1 amide bonds. The maximum absolute atomic E-state index is 13.4. The van der Waals surface area contributed by atoms with Crippen LogP contribution in [0.3, 0.4) is 0 Å². The van der Waals surface area contributed by atoms with E-state index in [1.54, 1.807) is 36.4 Å². The van der Waals surface area contributed by atoms with Crippen LogP contribution in [0, 0.1) is 6.92 Å². The predicted molar refractivity (Wildman–Crippen MR) is 141 cm³/mol. The number of carbonyl (C=O) groups is 2. The number of hydrogen-bond acceptors (Lipinski definition) is 8. The molecule has 1 aliphatic rings. The number of anilines is 1. The van der Waals surface area contributed by atoms with Gasteiger partial charge in [-0.2, -0.15) is 0 Å². The number of phenolic OH excluding ortho intramolecular Hbond substituents is 1. The molecule has 37 heavy (non-hydrogen) atoms. The summed E-state index contributed by atoms with van der Waals surface area (Å²) in [6, 6.07) is 16.0. The summed E-state index contributed by atoms with van der Waals surface area (Å²) < 4.78 is 11.6. The molecule has 0 radical (unpaired) electrons. The van der Waals surface area contributed by atoms with Crippen LogP contribution in [0.15, 0.2) is 66.2 Å². The fourth-order valence-corrected chi connectivity index (χ4v) is 5.35. The Morgan fingerprint density at radius 2 is 1.84 bits per heavy atom. The fraction of sp³-hybridized carbons (Fsp3) is 0.179. The van der Waals surface area contributed by atoms with Crippen LogP contribution in [0.2, 0.25) is 0 Å². The Kier molecular flexibility index (Phi) is 6.31. The van der Waals surface area contributed by atoms with Crippen molar-refractivity contribution in [3.63, 3.8) is 0 Å². The Morgan fingerprint density at radius 1 is 1.08 bits per heavy atom. The summed E-state index contributed by atoms with van der Waals surface area (Å²) in [5.74, 6) is -1.18. The number of rotatable bonds is 6. The van der Waals surface area contributed by atoms with E-state index in [0.29, 0.717) is 34.1 Å². The van der Waals surface area contributed by atoms with Crippen LogP contribution >= 0.6 is 11.3 Å².